The van der Waals surface area contributed by atoms with Gasteiger partial charge in [0.1, 0.15) is 0 Å². The van der Waals surface area contributed by atoms with Gasteiger partial charge in [-0.15, -0.1) is 0 Å². The molecule has 7 heteroatoms. The van der Waals surface area contributed by atoms with E-state index in [1.54, 1.807) is 32.3 Å². The Hall–Kier alpha value is -1.83. The molecule has 2 atom stereocenters. The first-order valence-corrected chi connectivity index (χ1v) is 7.64. The molecule has 6 nitrogen and oxygen atoms in total. The van der Waals surface area contributed by atoms with Crippen LogP contribution in [0.4, 0.5) is 0 Å². The molecule has 0 spiro atoms. The molecule has 0 aliphatic heterocycles. The highest BCUT2D eigenvalue weighted by Gasteiger charge is 2.08. The van der Waals surface area contributed by atoms with E-state index in [1.807, 2.05) is 6.07 Å². The summed E-state index contributed by atoms with van der Waals surface area (Å²) in [6.45, 7) is 3.32. The Labute approximate surface area is 143 Å². The van der Waals surface area contributed by atoms with Crippen LogP contribution in [0.25, 0.3) is 0 Å². The number of aliphatic hydroxyl groups is 2. The van der Waals surface area contributed by atoms with E-state index in [2.05, 4.69) is 30.6 Å². The fourth-order valence-electron chi connectivity index (χ4n) is 1.57. The quantitative estimate of drug-likeness (QED) is 0.792. The summed E-state index contributed by atoms with van der Waals surface area (Å²) in [4.78, 5) is 18.8. The van der Waals surface area contributed by atoms with Crippen LogP contribution >= 0.6 is 15.9 Å². The fraction of sp³-hybridized carbons (Fsp3) is 0.312. The van der Waals surface area contributed by atoms with Crippen molar-refractivity contribution in [3.05, 3.63) is 58.1 Å². The van der Waals surface area contributed by atoms with Gasteiger partial charge in [-0.1, -0.05) is 0 Å². The smallest absolute Gasteiger partial charge is 0.339 e. The summed E-state index contributed by atoms with van der Waals surface area (Å²) >= 11 is 3.26. The summed E-state index contributed by atoms with van der Waals surface area (Å²) in [6, 6.07) is 3.40. The third kappa shape index (κ3) is 6.43. The van der Waals surface area contributed by atoms with Crippen LogP contribution in [0.2, 0.25) is 0 Å². The molecular formula is C16H19BrN2O4. The molecule has 0 saturated heterocycles. The number of aromatic nitrogens is 2. The molecule has 0 saturated carbocycles. The van der Waals surface area contributed by atoms with Crippen LogP contribution in [0.15, 0.2) is 41.4 Å². The van der Waals surface area contributed by atoms with Gasteiger partial charge in [0.25, 0.3) is 0 Å². The Kier molecular flexibility index (Phi) is 7.80. The van der Waals surface area contributed by atoms with Gasteiger partial charge in [0.15, 0.2) is 0 Å². The first kappa shape index (κ1) is 19.2. The monoisotopic (exact) mass is 382 g/mol. The van der Waals surface area contributed by atoms with Crippen LogP contribution in [-0.4, -0.2) is 33.3 Å². The van der Waals surface area contributed by atoms with Crippen LogP contribution in [0.3, 0.4) is 0 Å². The van der Waals surface area contributed by atoms with Gasteiger partial charge in [0.05, 0.1) is 24.9 Å². The van der Waals surface area contributed by atoms with Gasteiger partial charge in [0.2, 0.25) is 0 Å². The summed E-state index contributed by atoms with van der Waals surface area (Å²) in [6.07, 6.45) is 5.18. The van der Waals surface area contributed by atoms with E-state index in [1.165, 1.54) is 19.5 Å². The van der Waals surface area contributed by atoms with Crippen LogP contribution in [0.1, 0.15) is 47.5 Å². The minimum atomic E-state index is -0.628. The number of ether oxygens (including phenoxy) is 1. The molecule has 124 valence electrons. The van der Waals surface area contributed by atoms with E-state index >= 15 is 0 Å². The van der Waals surface area contributed by atoms with E-state index in [0.717, 1.165) is 10.0 Å². The standard InChI is InChI=1S/C9H11NO3.C7H8BrNO/c1-6(11)7-3-8(5-10-4-7)9(12)13-2;1-5(10)6-2-7(8)4-9-3-6/h3-6,11H,1-2H3;2-5,10H,1H3. The van der Waals surface area contributed by atoms with Crippen LogP contribution < -0.4 is 0 Å². The number of methoxy groups -OCH3 is 1. The van der Waals surface area contributed by atoms with Crippen LogP contribution in [0.5, 0.6) is 0 Å². The number of esters is 1. The van der Waals surface area contributed by atoms with Crippen molar-refractivity contribution in [2.75, 3.05) is 7.11 Å². The number of hydrogen-bond acceptors (Lipinski definition) is 6. The van der Waals surface area contributed by atoms with Crippen molar-refractivity contribution in [2.24, 2.45) is 0 Å². The number of carbonyl (C=O) groups is 1. The zero-order chi connectivity index (χ0) is 17.4. The Bertz CT molecular complexity index is 647. The van der Waals surface area contributed by atoms with Gasteiger partial charge < -0.3 is 14.9 Å². The molecule has 2 aromatic rings. The van der Waals surface area contributed by atoms with Gasteiger partial charge in [-0.25, -0.2) is 4.79 Å². The Balaban J connectivity index is 0.000000238. The highest BCUT2D eigenvalue weighted by atomic mass is 79.9. The number of aliphatic hydroxyl groups excluding tert-OH is 2. The Morgan fingerprint density at radius 2 is 1.57 bits per heavy atom. The van der Waals surface area contributed by atoms with Crippen molar-refractivity contribution in [1.29, 1.82) is 0 Å². The SMILES string of the molecule is CC(O)c1cncc(Br)c1.COC(=O)c1cncc(C(C)O)c1. The minimum absolute atomic E-state index is 0.348. The zero-order valence-electron chi connectivity index (χ0n) is 13.1. The van der Waals surface area contributed by atoms with E-state index in [9.17, 15) is 9.90 Å². The molecule has 2 unspecified atom stereocenters. The Morgan fingerprint density at radius 3 is 2.00 bits per heavy atom. The van der Waals surface area contributed by atoms with Gasteiger partial charge in [-0.3, -0.25) is 9.97 Å². The largest absolute Gasteiger partial charge is 0.465 e. The number of nitrogens with zero attached hydrogens (tertiary/aromatic N) is 2. The maximum absolute atomic E-state index is 11.0. The average Bonchev–Trinajstić information content (AvgIpc) is 2.54. The van der Waals surface area contributed by atoms with Crippen molar-refractivity contribution in [1.82, 2.24) is 9.97 Å². The molecule has 0 bridgehead atoms. The first-order valence-electron chi connectivity index (χ1n) is 6.85. The lowest BCUT2D eigenvalue weighted by Crippen LogP contribution is -2.03. The lowest BCUT2D eigenvalue weighted by molar-refractivity contribution is 0.0600. The number of halogens is 1. The summed E-state index contributed by atoms with van der Waals surface area (Å²) in [5.41, 5.74) is 1.78. The second-order valence-corrected chi connectivity index (χ2v) is 5.70. The number of pyridine rings is 2. The van der Waals surface area contributed by atoms with Crippen LogP contribution in [-0.2, 0) is 4.74 Å². The molecule has 2 rings (SSSR count). The highest BCUT2D eigenvalue weighted by molar-refractivity contribution is 9.10. The third-order valence-corrected chi connectivity index (χ3v) is 3.31. The van der Waals surface area contributed by atoms with Crippen molar-refractivity contribution in [2.45, 2.75) is 26.1 Å². The normalized spacial score (nSPS) is 12.6. The van der Waals surface area contributed by atoms with Gasteiger partial charge >= 0.3 is 5.97 Å². The second-order valence-electron chi connectivity index (χ2n) is 4.79. The molecular weight excluding hydrogens is 364 g/mol. The lowest BCUT2D eigenvalue weighted by atomic mass is 10.1. The molecule has 0 amide bonds. The molecule has 2 N–H and O–H groups in total. The first-order chi connectivity index (χ1) is 10.8. The lowest BCUT2D eigenvalue weighted by Gasteiger charge is -2.04. The predicted molar refractivity (Wildman–Crippen MR) is 88.8 cm³/mol. The van der Waals surface area contributed by atoms with Crippen molar-refractivity contribution >= 4 is 21.9 Å². The number of hydrogen-bond donors (Lipinski definition) is 2. The van der Waals surface area contributed by atoms with Gasteiger partial charge in [-0.2, -0.15) is 0 Å². The fourth-order valence-corrected chi connectivity index (χ4v) is 1.95. The predicted octanol–water partition coefficient (Wildman–Crippen LogP) is 2.82. The summed E-state index contributed by atoms with van der Waals surface area (Å²) in [5, 5.41) is 18.3. The third-order valence-electron chi connectivity index (χ3n) is 2.87. The molecule has 23 heavy (non-hydrogen) atoms. The molecule has 0 fully saturated rings. The van der Waals surface area contributed by atoms with Crippen LogP contribution in [0, 0.1) is 0 Å². The van der Waals surface area contributed by atoms with Crippen molar-refractivity contribution in [3.8, 4) is 0 Å². The highest BCUT2D eigenvalue weighted by Crippen LogP contribution is 2.15. The summed E-state index contributed by atoms with van der Waals surface area (Å²) in [7, 11) is 1.30. The van der Waals surface area contributed by atoms with Crippen molar-refractivity contribution < 1.29 is 19.7 Å². The Morgan fingerprint density at radius 1 is 1.04 bits per heavy atom. The van der Waals surface area contributed by atoms with E-state index < -0.39 is 18.2 Å². The maximum atomic E-state index is 11.0. The second kappa shape index (κ2) is 9.34. The average molecular weight is 383 g/mol. The zero-order valence-corrected chi connectivity index (χ0v) is 14.7. The minimum Gasteiger partial charge on any atom is -0.465 e. The number of carbonyl (C=O) groups excluding carboxylic acids is 1. The maximum Gasteiger partial charge on any atom is 0.339 e. The molecule has 0 radical (unpaired) electrons. The number of rotatable bonds is 3. The topological polar surface area (TPSA) is 92.5 Å². The van der Waals surface area contributed by atoms with Gasteiger partial charge in [-0.05, 0) is 53.0 Å². The molecule has 0 aliphatic rings. The summed E-state index contributed by atoms with van der Waals surface area (Å²) in [5.74, 6) is -0.449. The van der Waals surface area contributed by atoms with Crippen molar-refractivity contribution in [3.63, 3.8) is 0 Å². The molecule has 2 heterocycles. The molecule has 0 aliphatic carbocycles. The summed E-state index contributed by atoms with van der Waals surface area (Å²) < 4.78 is 5.40. The van der Waals surface area contributed by atoms with E-state index in [4.69, 9.17) is 5.11 Å². The molecule has 0 aromatic carbocycles. The van der Waals surface area contributed by atoms with Gasteiger partial charge in [0, 0.05) is 29.3 Å². The molecule has 2 aromatic heterocycles. The van der Waals surface area contributed by atoms with E-state index in [0.29, 0.717) is 11.1 Å². The van der Waals surface area contributed by atoms with E-state index in [-0.39, 0.29) is 0 Å².